The summed E-state index contributed by atoms with van der Waals surface area (Å²) < 4.78 is 5.54. The molecule has 0 spiro atoms. The molecule has 2 unspecified atom stereocenters. The number of amides is 1. The molecule has 1 N–H and O–H groups in total. The molecule has 120 valence electrons. The van der Waals surface area contributed by atoms with Gasteiger partial charge in [0.1, 0.15) is 0 Å². The van der Waals surface area contributed by atoms with Gasteiger partial charge in [0.2, 0.25) is 5.91 Å². The first-order valence-electron chi connectivity index (χ1n) is 7.86. The van der Waals surface area contributed by atoms with Gasteiger partial charge >= 0.3 is 0 Å². The van der Waals surface area contributed by atoms with Crippen molar-refractivity contribution in [1.82, 2.24) is 15.5 Å². The van der Waals surface area contributed by atoms with Crippen LogP contribution in [0.15, 0.2) is 12.1 Å². The van der Waals surface area contributed by atoms with E-state index in [1.54, 1.807) is 6.07 Å². The number of nitrogens with zero attached hydrogens (tertiary/aromatic N) is 3. The van der Waals surface area contributed by atoms with E-state index in [2.05, 4.69) is 20.4 Å². The first-order chi connectivity index (χ1) is 10.7. The van der Waals surface area contributed by atoms with Gasteiger partial charge in [-0.1, -0.05) is 11.6 Å². The second kappa shape index (κ2) is 7.24. The van der Waals surface area contributed by atoms with Crippen LogP contribution < -0.4 is 10.2 Å². The summed E-state index contributed by atoms with van der Waals surface area (Å²) in [5.74, 6) is 0.885. The van der Waals surface area contributed by atoms with Gasteiger partial charge in [-0.25, -0.2) is 0 Å². The van der Waals surface area contributed by atoms with Gasteiger partial charge in [-0.15, -0.1) is 10.2 Å². The smallest absolute Gasteiger partial charge is 0.224 e. The monoisotopic (exact) mass is 324 g/mol. The number of hydrogen-bond donors (Lipinski definition) is 1. The van der Waals surface area contributed by atoms with Crippen LogP contribution in [0.5, 0.6) is 0 Å². The number of carbonyl (C=O) groups is 1. The molecule has 2 aliphatic rings. The lowest BCUT2D eigenvalue weighted by Gasteiger charge is -2.32. The van der Waals surface area contributed by atoms with E-state index < -0.39 is 0 Å². The van der Waals surface area contributed by atoms with E-state index in [0.29, 0.717) is 18.2 Å². The van der Waals surface area contributed by atoms with Gasteiger partial charge in [0.15, 0.2) is 11.0 Å². The van der Waals surface area contributed by atoms with Crippen molar-refractivity contribution < 1.29 is 9.53 Å². The Morgan fingerprint density at radius 1 is 1.36 bits per heavy atom. The van der Waals surface area contributed by atoms with Crippen LogP contribution in [0.25, 0.3) is 0 Å². The van der Waals surface area contributed by atoms with Crippen LogP contribution in [0.4, 0.5) is 5.82 Å². The zero-order valence-corrected chi connectivity index (χ0v) is 13.3. The third kappa shape index (κ3) is 3.87. The number of halogens is 1. The molecule has 0 aromatic carbocycles. The molecule has 1 amide bonds. The molecule has 7 heteroatoms. The normalized spacial score (nSPS) is 25.2. The molecule has 2 aliphatic heterocycles. The van der Waals surface area contributed by atoms with Crippen LogP contribution >= 0.6 is 11.6 Å². The lowest BCUT2D eigenvalue weighted by molar-refractivity contribution is -0.125. The van der Waals surface area contributed by atoms with Gasteiger partial charge in [-0.05, 0) is 37.8 Å². The Bertz CT molecular complexity index is 505. The van der Waals surface area contributed by atoms with Crippen LogP contribution in [0.1, 0.15) is 25.7 Å². The highest BCUT2D eigenvalue weighted by Crippen LogP contribution is 2.22. The Labute approximate surface area is 135 Å². The summed E-state index contributed by atoms with van der Waals surface area (Å²) in [6, 6.07) is 3.58. The second-order valence-corrected chi connectivity index (χ2v) is 6.27. The highest BCUT2D eigenvalue weighted by atomic mass is 35.5. The second-order valence-electron chi connectivity index (χ2n) is 5.88. The molecule has 6 nitrogen and oxygen atoms in total. The van der Waals surface area contributed by atoms with Gasteiger partial charge in [0, 0.05) is 26.2 Å². The maximum absolute atomic E-state index is 12.3. The maximum Gasteiger partial charge on any atom is 0.224 e. The van der Waals surface area contributed by atoms with Crippen LogP contribution in [-0.4, -0.2) is 48.4 Å². The summed E-state index contributed by atoms with van der Waals surface area (Å²) in [4.78, 5) is 14.4. The molecular weight excluding hydrogens is 304 g/mol. The minimum Gasteiger partial charge on any atom is -0.376 e. The Kier molecular flexibility index (Phi) is 5.10. The third-order valence-electron chi connectivity index (χ3n) is 4.26. The molecule has 0 radical (unpaired) electrons. The Morgan fingerprint density at radius 3 is 3.00 bits per heavy atom. The van der Waals surface area contributed by atoms with Crippen LogP contribution in [0.3, 0.4) is 0 Å². The number of piperidine rings is 1. The standard InChI is InChI=1S/C15H21ClN4O2/c16-13-5-6-14(19-18-13)20-7-1-3-11(10-20)15(21)17-9-12-4-2-8-22-12/h5-6,11-12H,1-4,7-10H2,(H,17,21). The SMILES string of the molecule is O=C(NCC1CCCO1)C1CCCN(c2ccc(Cl)nn2)C1. The fourth-order valence-corrected chi connectivity index (χ4v) is 3.14. The predicted molar refractivity (Wildman–Crippen MR) is 84.0 cm³/mol. The first kappa shape index (κ1) is 15.5. The van der Waals surface area contributed by atoms with E-state index in [1.807, 2.05) is 6.07 Å². The van der Waals surface area contributed by atoms with Crippen molar-refractivity contribution in [2.24, 2.45) is 5.92 Å². The van der Waals surface area contributed by atoms with Crippen molar-refractivity contribution in [3.8, 4) is 0 Å². The van der Waals surface area contributed by atoms with Gasteiger partial charge in [-0.3, -0.25) is 4.79 Å². The predicted octanol–water partition coefficient (Wildman–Crippen LogP) is 1.64. The largest absolute Gasteiger partial charge is 0.376 e. The van der Waals surface area contributed by atoms with Crippen molar-refractivity contribution in [3.05, 3.63) is 17.3 Å². The molecule has 1 aromatic rings. The minimum atomic E-state index is -0.00682. The summed E-state index contributed by atoms with van der Waals surface area (Å²) in [6.07, 6.45) is 4.20. The Hall–Kier alpha value is -1.40. The number of rotatable bonds is 4. The van der Waals surface area contributed by atoms with Crippen molar-refractivity contribution >= 4 is 23.3 Å². The zero-order chi connectivity index (χ0) is 15.4. The summed E-state index contributed by atoms with van der Waals surface area (Å²) >= 11 is 5.77. The van der Waals surface area contributed by atoms with Crippen molar-refractivity contribution in [2.45, 2.75) is 31.8 Å². The third-order valence-corrected chi connectivity index (χ3v) is 4.46. The molecule has 3 heterocycles. The molecular formula is C15H21ClN4O2. The van der Waals surface area contributed by atoms with E-state index in [0.717, 1.165) is 44.7 Å². The van der Waals surface area contributed by atoms with Crippen LogP contribution in [0, 0.1) is 5.92 Å². The first-order valence-corrected chi connectivity index (χ1v) is 8.23. The number of aromatic nitrogens is 2. The van der Waals surface area contributed by atoms with Gasteiger partial charge in [-0.2, -0.15) is 0 Å². The van der Waals surface area contributed by atoms with Gasteiger partial charge in [0.05, 0.1) is 12.0 Å². The van der Waals surface area contributed by atoms with E-state index >= 15 is 0 Å². The van der Waals surface area contributed by atoms with Gasteiger partial charge in [0.25, 0.3) is 0 Å². The minimum absolute atomic E-state index is 0.00682. The summed E-state index contributed by atoms with van der Waals surface area (Å²) in [5, 5.41) is 11.4. The van der Waals surface area contributed by atoms with Gasteiger partial charge < -0.3 is 15.0 Å². The van der Waals surface area contributed by atoms with Crippen molar-refractivity contribution in [3.63, 3.8) is 0 Å². The van der Waals surface area contributed by atoms with E-state index in [-0.39, 0.29) is 17.9 Å². The molecule has 0 bridgehead atoms. The van der Waals surface area contributed by atoms with Crippen molar-refractivity contribution in [1.29, 1.82) is 0 Å². The Balaban J connectivity index is 1.53. The lowest BCUT2D eigenvalue weighted by Crippen LogP contribution is -2.45. The number of hydrogen-bond acceptors (Lipinski definition) is 5. The summed E-state index contributed by atoms with van der Waals surface area (Å²) in [5.41, 5.74) is 0. The molecule has 2 atom stereocenters. The molecule has 22 heavy (non-hydrogen) atoms. The van der Waals surface area contributed by atoms with Crippen LogP contribution in [0.2, 0.25) is 5.15 Å². The highest BCUT2D eigenvalue weighted by Gasteiger charge is 2.27. The summed E-state index contributed by atoms with van der Waals surface area (Å²) in [7, 11) is 0. The number of anilines is 1. The molecule has 2 fully saturated rings. The van der Waals surface area contributed by atoms with E-state index in [1.165, 1.54) is 0 Å². The fourth-order valence-electron chi connectivity index (χ4n) is 3.04. The van der Waals surface area contributed by atoms with Crippen molar-refractivity contribution in [2.75, 3.05) is 31.1 Å². The fraction of sp³-hybridized carbons (Fsp3) is 0.667. The average Bonchev–Trinajstić information content (AvgIpc) is 3.07. The van der Waals surface area contributed by atoms with E-state index in [9.17, 15) is 4.79 Å². The number of carbonyl (C=O) groups excluding carboxylic acids is 1. The topological polar surface area (TPSA) is 67.3 Å². The molecule has 0 aliphatic carbocycles. The number of ether oxygens (including phenoxy) is 1. The quantitative estimate of drug-likeness (QED) is 0.912. The van der Waals surface area contributed by atoms with E-state index in [4.69, 9.17) is 16.3 Å². The lowest BCUT2D eigenvalue weighted by atomic mass is 9.97. The molecule has 0 saturated carbocycles. The average molecular weight is 325 g/mol. The molecule has 1 aromatic heterocycles. The molecule has 3 rings (SSSR count). The zero-order valence-electron chi connectivity index (χ0n) is 12.5. The Morgan fingerprint density at radius 2 is 2.27 bits per heavy atom. The summed E-state index contributed by atoms with van der Waals surface area (Å²) in [6.45, 7) is 3.00. The maximum atomic E-state index is 12.3. The molecule has 2 saturated heterocycles. The van der Waals surface area contributed by atoms with Crippen LogP contribution in [-0.2, 0) is 9.53 Å². The number of nitrogens with one attached hydrogen (secondary N) is 1. The highest BCUT2D eigenvalue weighted by molar-refractivity contribution is 6.29.